The molecule has 1 heterocycles. The molecular weight excluding hydrogens is 380 g/mol. The molecule has 1 fully saturated rings. The number of benzene rings is 2. The summed E-state index contributed by atoms with van der Waals surface area (Å²) in [5.41, 5.74) is 1.70. The van der Waals surface area contributed by atoms with Crippen LogP contribution in [0.2, 0.25) is 0 Å². The molecule has 0 N–H and O–H groups in total. The van der Waals surface area contributed by atoms with Gasteiger partial charge in [0, 0.05) is 44.9 Å². The minimum atomic E-state index is 0.0350. The summed E-state index contributed by atoms with van der Waals surface area (Å²) in [6, 6.07) is 15.7. The van der Waals surface area contributed by atoms with Gasteiger partial charge in [-0.1, -0.05) is 37.3 Å². The fraction of sp³-hybridized carbons (Fsp3) is 0.458. The number of carbonyl (C=O) groups is 1. The van der Waals surface area contributed by atoms with Gasteiger partial charge in [0.1, 0.15) is 6.61 Å². The third-order valence-electron chi connectivity index (χ3n) is 5.59. The fourth-order valence-electron chi connectivity index (χ4n) is 3.81. The average Bonchev–Trinajstić information content (AvgIpc) is 2.81. The highest BCUT2D eigenvalue weighted by molar-refractivity contribution is 5.95. The van der Waals surface area contributed by atoms with E-state index < -0.39 is 0 Å². The molecule has 1 aliphatic rings. The molecule has 6 heteroatoms. The van der Waals surface area contributed by atoms with Crippen molar-refractivity contribution < 1.29 is 19.0 Å². The zero-order valence-corrected chi connectivity index (χ0v) is 18.2. The third kappa shape index (κ3) is 5.52. The number of hydrogen-bond acceptors (Lipinski definition) is 5. The van der Waals surface area contributed by atoms with Crippen LogP contribution >= 0.6 is 0 Å². The van der Waals surface area contributed by atoms with E-state index in [0.29, 0.717) is 42.9 Å². The van der Waals surface area contributed by atoms with Crippen molar-refractivity contribution >= 4 is 5.91 Å². The quantitative estimate of drug-likeness (QED) is 0.631. The van der Waals surface area contributed by atoms with Gasteiger partial charge in [0.05, 0.1) is 13.7 Å². The van der Waals surface area contributed by atoms with Crippen molar-refractivity contribution in [2.24, 2.45) is 0 Å². The minimum Gasteiger partial charge on any atom is -0.493 e. The van der Waals surface area contributed by atoms with E-state index in [2.05, 4.69) is 11.8 Å². The van der Waals surface area contributed by atoms with Gasteiger partial charge in [-0.3, -0.25) is 9.69 Å². The number of piperazine rings is 1. The van der Waals surface area contributed by atoms with Crippen molar-refractivity contribution in [2.75, 3.05) is 47.0 Å². The summed E-state index contributed by atoms with van der Waals surface area (Å²) in [6.07, 6.45) is 1.00. The molecule has 0 bridgehead atoms. The average molecular weight is 413 g/mol. The zero-order valence-electron chi connectivity index (χ0n) is 18.2. The lowest BCUT2D eigenvalue weighted by molar-refractivity contribution is 0.0384. The van der Waals surface area contributed by atoms with E-state index >= 15 is 0 Å². The summed E-state index contributed by atoms with van der Waals surface area (Å²) in [6.45, 7) is 6.54. The van der Waals surface area contributed by atoms with E-state index in [-0.39, 0.29) is 5.91 Å². The van der Waals surface area contributed by atoms with E-state index in [0.717, 1.165) is 31.6 Å². The Kier molecular flexibility index (Phi) is 8.11. The smallest absolute Gasteiger partial charge is 0.254 e. The molecule has 0 spiro atoms. The van der Waals surface area contributed by atoms with E-state index in [4.69, 9.17) is 14.2 Å². The van der Waals surface area contributed by atoms with E-state index in [1.165, 1.54) is 0 Å². The number of rotatable bonds is 9. The van der Waals surface area contributed by atoms with Crippen molar-refractivity contribution in [1.82, 2.24) is 9.80 Å². The molecule has 1 atom stereocenters. The highest BCUT2D eigenvalue weighted by Crippen LogP contribution is 2.29. The summed E-state index contributed by atoms with van der Waals surface area (Å²) in [5.74, 6) is 1.24. The molecule has 0 aliphatic carbocycles. The number of amides is 1. The van der Waals surface area contributed by atoms with Crippen molar-refractivity contribution in [3.63, 3.8) is 0 Å². The highest BCUT2D eigenvalue weighted by Gasteiger charge is 2.29. The SMILES string of the molecule is CCC1CN(C(=O)c2ccc(OCc3ccccc3)c(OC)c2)CCN1CCOC. The van der Waals surface area contributed by atoms with Crippen LogP contribution < -0.4 is 9.47 Å². The molecule has 162 valence electrons. The number of ether oxygens (including phenoxy) is 3. The van der Waals surface area contributed by atoms with Crippen LogP contribution in [0.15, 0.2) is 48.5 Å². The normalized spacial score (nSPS) is 17.0. The Morgan fingerprint density at radius 2 is 1.87 bits per heavy atom. The molecule has 1 saturated heterocycles. The topological polar surface area (TPSA) is 51.2 Å². The van der Waals surface area contributed by atoms with Crippen LogP contribution in [-0.2, 0) is 11.3 Å². The molecule has 2 aromatic carbocycles. The van der Waals surface area contributed by atoms with E-state index in [1.54, 1.807) is 20.3 Å². The predicted octanol–water partition coefficient (Wildman–Crippen LogP) is 3.46. The van der Waals surface area contributed by atoms with Crippen LogP contribution in [-0.4, -0.2) is 68.8 Å². The largest absolute Gasteiger partial charge is 0.493 e. The molecule has 0 radical (unpaired) electrons. The molecule has 3 rings (SSSR count). The van der Waals surface area contributed by atoms with Crippen LogP contribution in [0.4, 0.5) is 0 Å². The van der Waals surface area contributed by atoms with Crippen molar-refractivity contribution in [2.45, 2.75) is 26.0 Å². The Labute approximate surface area is 179 Å². The van der Waals surface area contributed by atoms with Crippen molar-refractivity contribution in [3.8, 4) is 11.5 Å². The summed E-state index contributed by atoms with van der Waals surface area (Å²) in [4.78, 5) is 17.5. The summed E-state index contributed by atoms with van der Waals surface area (Å²) < 4.78 is 16.6. The van der Waals surface area contributed by atoms with Gasteiger partial charge in [-0.25, -0.2) is 0 Å². The molecule has 6 nitrogen and oxygen atoms in total. The molecule has 0 aromatic heterocycles. The standard InChI is InChI=1S/C24H32N2O4/c1-4-21-17-26(13-12-25(21)14-15-28-2)24(27)20-10-11-22(23(16-20)29-3)30-18-19-8-6-5-7-9-19/h5-11,16,21H,4,12-15,17-18H2,1-3H3. The molecule has 0 saturated carbocycles. The van der Waals surface area contributed by atoms with Gasteiger partial charge in [-0.2, -0.15) is 0 Å². The second-order valence-electron chi connectivity index (χ2n) is 7.48. The maximum atomic E-state index is 13.1. The molecule has 2 aromatic rings. The maximum Gasteiger partial charge on any atom is 0.254 e. The molecule has 1 unspecified atom stereocenters. The summed E-state index contributed by atoms with van der Waals surface area (Å²) >= 11 is 0. The first-order valence-corrected chi connectivity index (χ1v) is 10.5. The van der Waals surface area contributed by atoms with Gasteiger partial charge >= 0.3 is 0 Å². The van der Waals surface area contributed by atoms with Crippen LogP contribution in [0.5, 0.6) is 11.5 Å². The van der Waals surface area contributed by atoms with Crippen LogP contribution in [0, 0.1) is 0 Å². The van der Waals surface area contributed by atoms with Crippen molar-refractivity contribution in [3.05, 3.63) is 59.7 Å². The van der Waals surface area contributed by atoms with Gasteiger partial charge < -0.3 is 19.1 Å². The summed E-state index contributed by atoms with van der Waals surface area (Å²) in [5, 5.41) is 0. The van der Waals surface area contributed by atoms with Gasteiger partial charge in [0.15, 0.2) is 11.5 Å². The van der Waals surface area contributed by atoms with E-state index in [1.807, 2.05) is 47.4 Å². The molecule has 30 heavy (non-hydrogen) atoms. The number of hydrogen-bond donors (Lipinski definition) is 0. The predicted molar refractivity (Wildman–Crippen MR) is 117 cm³/mol. The van der Waals surface area contributed by atoms with Gasteiger partial charge in [-0.05, 0) is 30.2 Å². The van der Waals surface area contributed by atoms with Crippen molar-refractivity contribution in [1.29, 1.82) is 0 Å². The van der Waals surface area contributed by atoms with E-state index in [9.17, 15) is 4.79 Å². The lowest BCUT2D eigenvalue weighted by Crippen LogP contribution is -2.55. The van der Waals surface area contributed by atoms with Crippen LogP contribution in [0.25, 0.3) is 0 Å². The Morgan fingerprint density at radius 3 is 2.57 bits per heavy atom. The first-order chi connectivity index (χ1) is 14.7. The Hall–Kier alpha value is -2.57. The second-order valence-corrected chi connectivity index (χ2v) is 7.48. The lowest BCUT2D eigenvalue weighted by atomic mass is 10.1. The Balaban J connectivity index is 1.66. The minimum absolute atomic E-state index is 0.0350. The zero-order chi connectivity index (χ0) is 21.3. The van der Waals surface area contributed by atoms with Gasteiger partial charge in [-0.15, -0.1) is 0 Å². The second kappa shape index (κ2) is 11.0. The number of methoxy groups -OCH3 is 2. The Morgan fingerprint density at radius 1 is 1.07 bits per heavy atom. The Bertz CT molecular complexity index is 812. The third-order valence-corrected chi connectivity index (χ3v) is 5.59. The first-order valence-electron chi connectivity index (χ1n) is 10.5. The fourth-order valence-corrected chi connectivity index (χ4v) is 3.81. The molecule has 1 amide bonds. The first kappa shape index (κ1) is 22.1. The monoisotopic (exact) mass is 412 g/mol. The number of nitrogens with zero attached hydrogens (tertiary/aromatic N) is 2. The maximum absolute atomic E-state index is 13.1. The number of carbonyl (C=O) groups excluding carboxylic acids is 1. The summed E-state index contributed by atoms with van der Waals surface area (Å²) in [7, 11) is 3.32. The highest BCUT2D eigenvalue weighted by atomic mass is 16.5. The van der Waals surface area contributed by atoms with Crippen LogP contribution in [0.3, 0.4) is 0 Å². The van der Waals surface area contributed by atoms with Crippen LogP contribution in [0.1, 0.15) is 29.3 Å². The molecular formula is C24H32N2O4. The van der Waals surface area contributed by atoms with Gasteiger partial charge in [0.25, 0.3) is 5.91 Å². The molecule has 1 aliphatic heterocycles. The lowest BCUT2D eigenvalue weighted by Gasteiger charge is -2.41. The van der Waals surface area contributed by atoms with Gasteiger partial charge in [0.2, 0.25) is 0 Å².